The van der Waals surface area contributed by atoms with E-state index in [0.717, 1.165) is 64.8 Å². The summed E-state index contributed by atoms with van der Waals surface area (Å²) in [5.41, 5.74) is 10.5. The van der Waals surface area contributed by atoms with E-state index in [9.17, 15) is 45.0 Å². The summed E-state index contributed by atoms with van der Waals surface area (Å²) in [5, 5.41) is 10.8. The van der Waals surface area contributed by atoms with Gasteiger partial charge in [0.05, 0.1) is 20.1 Å². The van der Waals surface area contributed by atoms with Gasteiger partial charge < -0.3 is 19.3 Å². The van der Waals surface area contributed by atoms with E-state index < -0.39 is 49.9 Å². The van der Waals surface area contributed by atoms with Crippen LogP contribution >= 0.6 is 37.3 Å². The fraction of sp³-hybridized carbons (Fsp3) is 0.197. The first-order valence-electron chi connectivity index (χ1n) is 24.3. The van der Waals surface area contributed by atoms with Crippen molar-refractivity contribution < 1.29 is 82.3 Å². The molecule has 8 aromatic carbocycles. The molecule has 0 radical (unpaired) electrons. The van der Waals surface area contributed by atoms with Crippen molar-refractivity contribution in [2.75, 3.05) is 7.11 Å². The molecule has 80 heavy (non-hydrogen) atoms. The fourth-order valence-corrected chi connectivity index (χ4v) is 8.70. The van der Waals surface area contributed by atoms with Gasteiger partial charge in [-0.25, -0.2) is 39.3 Å². The van der Waals surface area contributed by atoms with E-state index in [-0.39, 0.29) is 79.4 Å². The number of esters is 1. The van der Waals surface area contributed by atoms with Gasteiger partial charge >= 0.3 is 24.8 Å². The van der Waals surface area contributed by atoms with Gasteiger partial charge in [-0.3, -0.25) is 4.79 Å². The first-order valence-corrected chi connectivity index (χ1v) is 27.9. The minimum Gasteiger partial charge on any atom is -0.494 e. The Bertz CT molecular complexity index is 3360. The van der Waals surface area contributed by atoms with Gasteiger partial charge in [0, 0.05) is 50.5 Å². The van der Waals surface area contributed by atoms with Crippen LogP contribution in [0.15, 0.2) is 144 Å². The molecule has 6 nitrogen and oxygen atoms in total. The second kappa shape index (κ2) is 30.3. The maximum absolute atomic E-state index is 14.9. The maximum atomic E-state index is 14.9. The first kappa shape index (κ1) is 65.0. The average molecular weight is 1220 g/mol. The Morgan fingerprint density at radius 3 is 1.43 bits per heavy atom. The second-order valence-corrected chi connectivity index (χ2v) is 21.2. The molecule has 19 heteroatoms. The largest absolute Gasteiger partial charge is 1.00 e. The first-order chi connectivity index (χ1) is 37.6. The van der Waals surface area contributed by atoms with Crippen LogP contribution in [0.5, 0.6) is 5.75 Å². The maximum Gasteiger partial charge on any atom is 1.00 e. The van der Waals surface area contributed by atoms with Crippen LogP contribution in [0.3, 0.4) is 0 Å². The number of rotatable bonds is 8. The van der Waals surface area contributed by atoms with E-state index in [4.69, 9.17) is 18.4 Å². The molecule has 10 rings (SSSR count). The van der Waals surface area contributed by atoms with E-state index >= 15 is 0 Å². The molecule has 0 aromatic heterocycles. The van der Waals surface area contributed by atoms with Crippen molar-refractivity contribution in [3.8, 4) is 39.1 Å². The van der Waals surface area contributed by atoms with E-state index in [2.05, 4.69) is 63.3 Å². The summed E-state index contributed by atoms with van der Waals surface area (Å²) in [4.78, 5) is 11.2. The minimum absolute atomic E-state index is 0. The molecule has 0 bridgehead atoms. The molecule has 0 spiro atoms. The SMILES string of the molecule is CCc1ccc(-c2cc(F)c3c(c2)COC(=O)C3)cc1.CCc1ccc(-c2cc(F)c3c(c2)COC(O)(c2cc(F)c(F)c(F)c2)C3)cc1.CCc1ccc(-c2ccc(OC)c(F)c2)cc1.Fc1[c-]c(F)cc(Br)c1.O=S(Cl)Cl.[Li+]. The van der Waals surface area contributed by atoms with Gasteiger partial charge in [0.25, 0.3) is 0 Å². The number of benzene rings is 8. The predicted molar refractivity (Wildman–Crippen MR) is 295 cm³/mol. The standard InChI is InChI=1S/C23H18F4O2.C17H15FO2.C15H15FO.C6H2BrF2.Cl2OS.Li/c1-2-13-3-5-14(6-4-13)15-7-16-12-29-23(28,11-18(16)19(24)8-15)17-9-20(25)22(27)21(26)10-17;1-2-11-3-5-12(6-4-11)13-7-14-10-20-17(19)9-15(14)16(18)8-13;1-3-11-4-6-12(7-5-11)13-8-9-15(17-2)14(16)10-13;7-4-1-5(8)3-6(9)2-4;1-4(2)3;/h3-10,28H,2,11-12H2,1H3;3-8H,2,9-10H2,1H3;4-10H,3H2,1-2H3;1-2H;;/q;;;-1;;+1. The molecule has 414 valence electrons. The number of aryl methyl sites for hydroxylation is 3. The van der Waals surface area contributed by atoms with Gasteiger partial charge in [0.15, 0.2) is 34.8 Å². The van der Waals surface area contributed by atoms with Gasteiger partial charge in [-0.15, -0.1) is 18.2 Å². The third-order valence-corrected chi connectivity index (χ3v) is 13.1. The van der Waals surface area contributed by atoms with E-state index in [1.54, 1.807) is 12.1 Å². The number of cyclic esters (lactones) is 1. The van der Waals surface area contributed by atoms with Crippen LogP contribution in [-0.4, -0.2) is 22.4 Å². The molecular formula is C61H50BrCl2F8LiO6S. The summed E-state index contributed by atoms with van der Waals surface area (Å²) >= 11 is 2.91. The number of carbonyl (C=O) groups excluding carboxylic acids is 1. The van der Waals surface area contributed by atoms with Crippen LogP contribution in [0.4, 0.5) is 35.1 Å². The number of halogens is 11. The molecule has 0 fully saturated rings. The predicted octanol–water partition coefficient (Wildman–Crippen LogP) is 13.7. The van der Waals surface area contributed by atoms with Gasteiger partial charge in [0.1, 0.15) is 18.2 Å². The zero-order valence-corrected chi connectivity index (χ0v) is 47.7. The summed E-state index contributed by atoms with van der Waals surface area (Å²) < 4.78 is 132. The van der Waals surface area contributed by atoms with Crippen molar-refractivity contribution in [2.24, 2.45) is 0 Å². The van der Waals surface area contributed by atoms with Crippen molar-refractivity contribution >= 4 is 52.5 Å². The minimum atomic E-state index is -2.16. The van der Waals surface area contributed by atoms with Crippen molar-refractivity contribution in [2.45, 2.75) is 71.9 Å². The monoisotopic (exact) mass is 1220 g/mol. The molecule has 0 aliphatic carbocycles. The Morgan fingerprint density at radius 2 is 1.00 bits per heavy atom. The Morgan fingerprint density at radius 1 is 0.588 bits per heavy atom. The Balaban J connectivity index is 0.000000202. The van der Waals surface area contributed by atoms with Crippen LogP contribution in [0.2, 0.25) is 0 Å². The summed E-state index contributed by atoms with van der Waals surface area (Å²) in [6.07, 6.45) is 2.56. The van der Waals surface area contributed by atoms with Crippen molar-refractivity contribution in [1.29, 1.82) is 0 Å². The normalized spacial score (nSPS) is 13.9. The quantitative estimate of drug-likeness (QED) is 0.0408. The van der Waals surface area contributed by atoms with Gasteiger partial charge in [-0.05, 0) is 135 Å². The third-order valence-electron chi connectivity index (χ3n) is 12.6. The van der Waals surface area contributed by atoms with Gasteiger partial charge in [-0.1, -0.05) is 120 Å². The molecule has 2 heterocycles. The summed E-state index contributed by atoms with van der Waals surface area (Å²) in [6.45, 7) is 6.26. The fourth-order valence-electron chi connectivity index (χ4n) is 8.30. The second-order valence-electron chi connectivity index (χ2n) is 17.7. The summed E-state index contributed by atoms with van der Waals surface area (Å²) in [5.74, 6) is -9.38. The van der Waals surface area contributed by atoms with Gasteiger partial charge in [-0.2, -0.15) is 0 Å². The molecule has 0 amide bonds. The smallest absolute Gasteiger partial charge is 0.494 e. The summed E-state index contributed by atoms with van der Waals surface area (Å²) in [7, 11) is 8.82. The molecular weight excluding hydrogens is 1170 g/mol. The van der Waals surface area contributed by atoms with Crippen LogP contribution < -0.4 is 23.6 Å². The number of carbonyl (C=O) groups is 1. The average Bonchev–Trinajstić information content (AvgIpc) is 3.45. The summed E-state index contributed by atoms with van der Waals surface area (Å²) in [6, 6.07) is 41.0. The zero-order chi connectivity index (χ0) is 57.6. The molecule has 0 saturated carbocycles. The van der Waals surface area contributed by atoms with Crippen molar-refractivity contribution in [3.05, 3.63) is 241 Å². The van der Waals surface area contributed by atoms with Crippen molar-refractivity contribution in [1.82, 2.24) is 0 Å². The Labute approximate surface area is 490 Å². The van der Waals surface area contributed by atoms with Crippen LogP contribution in [0.1, 0.15) is 65.3 Å². The Hall–Kier alpha value is -5.80. The molecule has 1 unspecified atom stereocenters. The van der Waals surface area contributed by atoms with Gasteiger partial charge in [0.2, 0.25) is 9.23 Å². The van der Waals surface area contributed by atoms with Crippen LogP contribution in [0, 0.1) is 52.6 Å². The topological polar surface area (TPSA) is 82.1 Å². The van der Waals surface area contributed by atoms with E-state index in [0.29, 0.717) is 33.3 Å². The zero-order valence-electron chi connectivity index (χ0n) is 43.8. The molecule has 0 saturated heterocycles. The number of methoxy groups -OCH3 is 1. The van der Waals surface area contributed by atoms with E-state index in [1.807, 2.05) is 85.8 Å². The molecule has 8 aromatic rings. The third kappa shape index (κ3) is 17.8. The number of hydrogen-bond acceptors (Lipinski definition) is 6. The molecule has 2 aliphatic heterocycles. The Kier molecular flexibility index (Phi) is 24.6. The number of fused-ring (bicyclic) bond motifs is 2. The van der Waals surface area contributed by atoms with E-state index in [1.165, 1.54) is 42.0 Å². The van der Waals surface area contributed by atoms with Crippen LogP contribution in [0.25, 0.3) is 33.4 Å². The number of hydrogen-bond donors (Lipinski definition) is 1. The van der Waals surface area contributed by atoms with Crippen molar-refractivity contribution in [3.63, 3.8) is 0 Å². The molecule has 2 aliphatic rings. The van der Waals surface area contributed by atoms with Crippen LogP contribution in [-0.2, 0) is 74.6 Å². The number of ether oxygens (including phenoxy) is 3. The molecule has 1 atom stereocenters. The number of aliphatic hydroxyl groups is 1. The molecule has 1 N–H and O–H groups in total.